The number of aromatic nitrogens is 2. The molecule has 3 atom stereocenters. The number of hydrogen-bond acceptors (Lipinski definition) is 9. The van der Waals surface area contributed by atoms with Crippen molar-refractivity contribution in [1.82, 2.24) is 14.9 Å². The van der Waals surface area contributed by atoms with Crippen LogP contribution in [-0.2, 0) is 28.9 Å². The largest absolute Gasteiger partial charge is 0.481 e. The highest BCUT2D eigenvalue weighted by molar-refractivity contribution is 5.98. The SMILES string of the molecule is CCc1c(F)ccc2cc(OCOC)cc(N3CCc4c(nc(OC[C@@]56CCCN5C[C@H](F)C6)nc4N4CCCCC(C(=O)O)CC4)C3)c12. The molecule has 0 spiro atoms. The average molecular weight is 680 g/mol. The molecule has 3 saturated heterocycles. The number of carbonyl (C=O) groups is 1. The molecule has 2 aromatic carbocycles. The van der Waals surface area contributed by atoms with Gasteiger partial charge in [0.15, 0.2) is 6.79 Å². The van der Waals surface area contributed by atoms with Crippen molar-refractivity contribution in [3.8, 4) is 11.8 Å². The van der Waals surface area contributed by atoms with Gasteiger partial charge in [0.05, 0.1) is 23.7 Å². The van der Waals surface area contributed by atoms with Gasteiger partial charge in [0, 0.05) is 62.4 Å². The first-order valence-corrected chi connectivity index (χ1v) is 17.8. The van der Waals surface area contributed by atoms with Crippen molar-refractivity contribution in [2.45, 2.75) is 83.0 Å². The molecule has 0 saturated carbocycles. The number of aliphatic carboxylic acids is 1. The van der Waals surface area contributed by atoms with Crippen molar-refractivity contribution in [3.63, 3.8) is 0 Å². The minimum Gasteiger partial charge on any atom is -0.481 e. The fourth-order valence-electron chi connectivity index (χ4n) is 8.56. The van der Waals surface area contributed by atoms with Gasteiger partial charge in [-0.1, -0.05) is 19.4 Å². The van der Waals surface area contributed by atoms with Crippen LogP contribution in [0.25, 0.3) is 10.8 Å². The Bertz CT molecular complexity index is 1690. The van der Waals surface area contributed by atoms with E-state index in [0.29, 0.717) is 76.2 Å². The van der Waals surface area contributed by atoms with Crippen LogP contribution in [0, 0.1) is 11.7 Å². The first kappa shape index (κ1) is 33.7. The maximum absolute atomic E-state index is 15.2. The number of benzene rings is 2. The van der Waals surface area contributed by atoms with E-state index in [1.54, 1.807) is 13.2 Å². The van der Waals surface area contributed by atoms with Gasteiger partial charge in [-0.05, 0) is 74.6 Å². The minimum atomic E-state index is -0.864. The average Bonchev–Trinajstić information content (AvgIpc) is 3.61. The number of anilines is 2. The van der Waals surface area contributed by atoms with E-state index in [1.165, 1.54) is 6.07 Å². The Labute approximate surface area is 286 Å². The fourth-order valence-corrected chi connectivity index (χ4v) is 8.56. The van der Waals surface area contributed by atoms with E-state index in [2.05, 4.69) is 14.7 Å². The van der Waals surface area contributed by atoms with Gasteiger partial charge in [-0.3, -0.25) is 9.69 Å². The summed E-state index contributed by atoms with van der Waals surface area (Å²) in [6.45, 7) is 6.11. The summed E-state index contributed by atoms with van der Waals surface area (Å²) < 4.78 is 47.3. The Kier molecular flexibility index (Phi) is 9.79. The molecule has 0 amide bonds. The summed E-state index contributed by atoms with van der Waals surface area (Å²) in [5.74, 6) is 0.0564. The Hall–Kier alpha value is -3.77. The van der Waals surface area contributed by atoms with Crippen molar-refractivity contribution in [2.24, 2.45) is 5.92 Å². The predicted octanol–water partition coefficient (Wildman–Crippen LogP) is 5.91. The smallest absolute Gasteiger partial charge is 0.318 e. The molecule has 4 aliphatic rings. The van der Waals surface area contributed by atoms with Gasteiger partial charge in [-0.2, -0.15) is 9.97 Å². The van der Waals surface area contributed by atoms with Crippen LogP contribution >= 0.6 is 0 Å². The summed E-state index contributed by atoms with van der Waals surface area (Å²) in [4.78, 5) is 28.6. The molecule has 10 nitrogen and oxygen atoms in total. The standard InChI is InChI=1S/C37H47F2N5O5/c1-3-28-30(39)9-8-25-17-27(49-23-47-2)18-32(33(25)28)43-16-11-29-31(21-43)40-36(48-22-37-12-6-14-44(37)20-26(38)19-37)41-34(29)42-13-5-4-7-24(10-15-42)35(45)46/h8-9,17-18,24,26H,3-7,10-16,19-23H2,1-2H3,(H,45,46)/t24?,26-,37+/m1/s1. The van der Waals surface area contributed by atoms with E-state index >= 15 is 4.39 Å². The molecule has 1 unspecified atom stereocenters. The Morgan fingerprint density at radius 3 is 2.76 bits per heavy atom. The molecule has 1 N–H and O–H groups in total. The van der Waals surface area contributed by atoms with Crippen LogP contribution in [0.15, 0.2) is 24.3 Å². The third-order valence-electron chi connectivity index (χ3n) is 11.0. The van der Waals surface area contributed by atoms with Gasteiger partial charge in [0.1, 0.15) is 30.2 Å². The predicted molar refractivity (Wildman–Crippen MR) is 183 cm³/mol. The molecule has 0 radical (unpaired) electrons. The highest BCUT2D eigenvalue weighted by Gasteiger charge is 2.49. The number of halogens is 2. The number of ether oxygens (including phenoxy) is 3. The molecule has 0 aliphatic carbocycles. The number of rotatable bonds is 10. The quantitative estimate of drug-likeness (QED) is 0.260. The van der Waals surface area contributed by atoms with E-state index in [9.17, 15) is 14.3 Å². The van der Waals surface area contributed by atoms with Crippen LogP contribution < -0.4 is 19.3 Å². The van der Waals surface area contributed by atoms with E-state index in [-0.39, 0.29) is 30.1 Å². The lowest BCUT2D eigenvalue weighted by Gasteiger charge is -2.36. The number of carboxylic acids is 1. The second-order valence-corrected chi connectivity index (χ2v) is 14.1. The van der Waals surface area contributed by atoms with Gasteiger partial charge in [-0.25, -0.2) is 8.78 Å². The number of hydrogen-bond donors (Lipinski definition) is 1. The van der Waals surface area contributed by atoms with Crippen LogP contribution in [0.4, 0.5) is 20.3 Å². The van der Waals surface area contributed by atoms with Crippen molar-refractivity contribution < 1.29 is 32.9 Å². The van der Waals surface area contributed by atoms with Gasteiger partial charge < -0.3 is 29.1 Å². The van der Waals surface area contributed by atoms with Crippen molar-refractivity contribution >= 4 is 28.2 Å². The molecule has 0 bridgehead atoms. The lowest BCUT2D eigenvalue weighted by Crippen LogP contribution is -2.43. The van der Waals surface area contributed by atoms with E-state index in [4.69, 9.17) is 24.2 Å². The van der Waals surface area contributed by atoms with Crippen LogP contribution in [0.3, 0.4) is 0 Å². The summed E-state index contributed by atoms with van der Waals surface area (Å²) in [6, 6.07) is 7.44. The number of carboxylic acid groups (broad SMARTS) is 1. The van der Waals surface area contributed by atoms with Crippen molar-refractivity contribution in [2.75, 3.05) is 63.0 Å². The first-order chi connectivity index (χ1) is 23.8. The van der Waals surface area contributed by atoms with E-state index in [1.807, 2.05) is 19.1 Å². The second-order valence-electron chi connectivity index (χ2n) is 14.1. The molecule has 3 fully saturated rings. The maximum Gasteiger partial charge on any atom is 0.318 e. The van der Waals surface area contributed by atoms with E-state index in [0.717, 1.165) is 72.3 Å². The molecule has 4 aliphatic heterocycles. The zero-order valence-electron chi connectivity index (χ0n) is 28.6. The maximum atomic E-state index is 15.2. The lowest BCUT2D eigenvalue weighted by atomic mass is 9.95. The summed E-state index contributed by atoms with van der Waals surface area (Å²) in [6.07, 6.45) is 5.59. The number of nitrogens with zero attached hydrogens (tertiary/aromatic N) is 5. The lowest BCUT2D eigenvalue weighted by molar-refractivity contribution is -0.142. The van der Waals surface area contributed by atoms with Gasteiger partial charge in [-0.15, -0.1) is 0 Å². The van der Waals surface area contributed by atoms with Crippen LogP contribution in [0.2, 0.25) is 0 Å². The van der Waals surface area contributed by atoms with Crippen LogP contribution in [0.1, 0.15) is 68.7 Å². The molecule has 1 aromatic heterocycles. The van der Waals surface area contributed by atoms with Crippen molar-refractivity contribution in [1.29, 1.82) is 0 Å². The van der Waals surface area contributed by atoms with Gasteiger partial charge in [0.2, 0.25) is 0 Å². The molecular formula is C37H47F2N5O5. The number of aryl methyl sites for hydroxylation is 1. The third-order valence-corrected chi connectivity index (χ3v) is 11.0. The van der Waals surface area contributed by atoms with Crippen LogP contribution in [-0.4, -0.2) is 90.9 Å². The Morgan fingerprint density at radius 2 is 1.94 bits per heavy atom. The molecule has 12 heteroatoms. The highest BCUT2D eigenvalue weighted by Crippen LogP contribution is 2.42. The fraction of sp³-hybridized carbons (Fsp3) is 0.595. The van der Waals surface area contributed by atoms with Gasteiger partial charge >= 0.3 is 12.0 Å². The summed E-state index contributed by atoms with van der Waals surface area (Å²) in [7, 11) is 1.57. The zero-order chi connectivity index (χ0) is 34.1. The molecule has 264 valence electrons. The van der Waals surface area contributed by atoms with Gasteiger partial charge in [0.25, 0.3) is 0 Å². The third kappa shape index (κ3) is 6.73. The summed E-state index contributed by atoms with van der Waals surface area (Å²) in [5.41, 5.74) is 3.02. The molecular weight excluding hydrogens is 632 g/mol. The number of alkyl halides is 1. The second kappa shape index (κ2) is 14.2. The number of fused-ring (bicyclic) bond motifs is 3. The molecule has 5 heterocycles. The molecule has 7 rings (SSSR count). The molecule has 49 heavy (non-hydrogen) atoms. The Balaban J connectivity index is 1.26. The summed E-state index contributed by atoms with van der Waals surface area (Å²) in [5, 5.41) is 11.5. The summed E-state index contributed by atoms with van der Waals surface area (Å²) >= 11 is 0. The number of methoxy groups -OCH3 is 1. The normalized spacial score (nSPS) is 24.4. The highest BCUT2D eigenvalue weighted by atomic mass is 19.1. The zero-order valence-corrected chi connectivity index (χ0v) is 28.6. The topological polar surface area (TPSA) is 100 Å². The van der Waals surface area contributed by atoms with Crippen LogP contribution in [0.5, 0.6) is 11.8 Å². The van der Waals surface area contributed by atoms with Crippen molar-refractivity contribution in [3.05, 3.63) is 46.9 Å². The molecule has 3 aromatic rings. The Morgan fingerprint density at radius 1 is 1.06 bits per heavy atom. The van der Waals surface area contributed by atoms with E-state index < -0.39 is 12.1 Å². The minimum absolute atomic E-state index is 0.0908. The monoisotopic (exact) mass is 679 g/mol. The first-order valence-electron chi connectivity index (χ1n) is 17.8.